The highest BCUT2D eigenvalue weighted by molar-refractivity contribution is 7.98. The molecule has 2 heterocycles. The van der Waals surface area contributed by atoms with Crippen molar-refractivity contribution in [1.82, 2.24) is 19.7 Å². The molecule has 0 spiro atoms. The Hall–Kier alpha value is -1.85. The Bertz CT molecular complexity index is 802. The number of aromatic nitrogens is 4. The van der Waals surface area contributed by atoms with Gasteiger partial charge in [0.15, 0.2) is 11.0 Å². The van der Waals surface area contributed by atoms with E-state index in [9.17, 15) is 0 Å². The first-order valence-electron chi connectivity index (χ1n) is 7.85. The first-order chi connectivity index (χ1) is 11.6. The molecule has 0 bridgehead atoms. The molecule has 0 fully saturated rings. The highest BCUT2D eigenvalue weighted by atomic mass is 35.5. The van der Waals surface area contributed by atoms with Gasteiger partial charge in [-0.25, -0.2) is 0 Å². The van der Waals surface area contributed by atoms with E-state index in [0.717, 1.165) is 39.4 Å². The zero-order valence-corrected chi connectivity index (χ0v) is 15.3. The third-order valence-corrected chi connectivity index (χ3v) is 4.90. The lowest BCUT2D eigenvalue weighted by Crippen LogP contribution is -2.08. The highest BCUT2D eigenvalue weighted by Gasteiger charge is 2.15. The van der Waals surface area contributed by atoms with E-state index in [1.165, 1.54) is 0 Å². The Labute approximate surface area is 151 Å². The zero-order chi connectivity index (χ0) is 16.9. The Morgan fingerprint density at radius 1 is 1.08 bits per heavy atom. The first-order valence-corrected chi connectivity index (χ1v) is 9.21. The lowest BCUT2D eigenvalue weighted by atomic mass is 10.2. The predicted octanol–water partition coefficient (Wildman–Crippen LogP) is 4.94. The van der Waals surface area contributed by atoms with Crippen LogP contribution in [0.15, 0.2) is 53.9 Å². The van der Waals surface area contributed by atoms with Crippen molar-refractivity contribution in [2.45, 2.75) is 31.3 Å². The Morgan fingerprint density at radius 3 is 2.54 bits per heavy atom. The normalized spacial score (nSPS) is 11.2. The van der Waals surface area contributed by atoms with Gasteiger partial charge in [0, 0.05) is 35.3 Å². The van der Waals surface area contributed by atoms with E-state index in [2.05, 4.69) is 33.6 Å². The van der Waals surface area contributed by atoms with Gasteiger partial charge in [-0.05, 0) is 29.7 Å². The topological polar surface area (TPSA) is 43.6 Å². The second kappa shape index (κ2) is 7.81. The van der Waals surface area contributed by atoms with Crippen LogP contribution in [-0.2, 0) is 12.3 Å². The minimum Gasteiger partial charge on any atom is -0.302 e. The van der Waals surface area contributed by atoms with Crippen molar-refractivity contribution < 1.29 is 0 Å². The lowest BCUT2D eigenvalue weighted by Gasteiger charge is -2.12. The quantitative estimate of drug-likeness (QED) is 0.585. The molecule has 0 saturated carbocycles. The fraction of sp³-hybridized carbons (Fsp3) is 0.278. The van der Waals surface area contributed by atoms with Crippen molar-refractivity contribution in [2.24, 2.45) is 5.92 Å². The number of halogens is 1. The summed E-state index contributed by atoms with van der Waals surface area (Å²) in [7, 11) is 0. The second-order valence-electron chi connectivity index (χ2n) is 5.93. The van der Waals surface area contributed by atoms with Gasteiger partial charge in [-0.1, -0.05) is 55.4 Å². The van der Waals surface area contributed by atoms with E-state index in [1.807, 2.05) is 36.4 Å². The summed E-state index contributed by atoms with van der Waals surface area (Å²) in [6.07, 6.45) is 3.56. The molecule has 6 heteroatoms. The first kappa shape index (κ1) is 17.0. The zero-order valence-electron chi connectivity index (χ0n) is 13.7. The number of hydrogen-bond acceptors (Lipinski definition) is 4. The van der Waals surface area contributed by atoms with Crippen molar-refractivity contribution in [2.75, 3.05) is 0 Å². The third kappa shape index (κ3) is 3.97. The van der Waals surface area contributed by atoms with Gasteiger partial charge in [0.1, 0.15) is 0 Å². The van der Waals surface area contributed by atoms with Gasteiger partial charge in [0.2, 0.25) is 0 Å². The van der Waals surface area contributed by atoms with Gasteiger partial charge in [0.05, 0.1) is 0 Å². The molecule has 0 aliphatic carbocycles. The van der Waals surface area contributed by atoms with Crippen molar-refractivity contribution in [3.8, 4) is 11.4 Å². The maximum atomic E-state index is 6.25. The van der Waals surface area contributed by atoms with Crippen LogP contribution in [0.5, 0.6) is 0 Å². The second-order valence-corrected chi connectivity index (χ2v) is 7.28. The van der Waals surface area contributed by atoms with Gasteiger partial charge in [-0.15, -0.1) is 10.2 Å². The van der Waals surface area contributed by atoms with Crippen molar-refractivity contribution in [3.63, 3.8) is 0 Å². The standard InChI is InChI=1S/C18H19ClN4S/c1-13(2)11-23-17(14-7-9-20-10-8-14)21-22-18(23)24-12-15-5-3-4-6-16(15)19/h3-10,13H,11-12H2,1-2H3. The molecule has 3 rings (SSSR count). The maximum absolute atomic E-state index is 6.25. The molecular formula is C18H19ClN4S. The molecule has 0 aliphatic rings. The predicted molar refractivity (Wildman–Crippen MR) is 99.1 cm³/mol. The molecule has 0 unspecified atom stereocenters. The summed E-state index contributed by atoms with van der Waals surface area (Å²) in [5, 5.41) is 10.5. The summed E-state index contributed by atoms with van der Waals surface area (Å²) in [6.45, 7) is 5.26. The summed E-state index contributed by atoms with van der Waals surface area (Å²) >= 11 is 7.91. The maximum Gasteiger partial charge on any atom is 0.191 e. The van der Waals surface area contributed by atoms with Crippen LogP contribution in [0.1, 0.15) is 19.4 Å². The molecule has 124 valence electrons. The molecule has 0 saturated heterocycles. The minimum absolute atomic E-state index is 0.501. The molecule has 0 atom stereocenters. The molecule has 0 N–H and O–H groups in total. The third-order valence-electron chi connectivity index (χ3n) is 3.52. The Kier molecular flexibility index (Phi) is 5.53. The van der Waals surface area contributed by atoms with Gasteiger partial charge in [-0.2, -0.15) is 0 Å². The van der Waals surface area contributed by atoms with Crippen LogP contribution in [0, 0.1) is 5.92 Å². The van der Waals surface area contributed by atoms with Gasteiger partial charge < -0.3 is 4.57 Å². The average Bonchev–Trinajstić information content (AvgIpc) is 2.97. The Balaban J connectivity index is 1.88. The summed E-state index contributed by atoms with van der Waals surface area (Å²) < 4.78 is 2.18. The number of thioether (sulfide) groups is 1. The molecule has 0 aliphatic heterocycles. The summed E-state index contributed by atoms with van der Waals surface area (Å²) in [5.41, 5.74) is 2.14. The van der Waals surface area contributed by atoms with Crippen molar-refractivity contribution >= 4 is 23.4 Å². The molecular weight excluding hydrogens is 340 g/mol. The van der Waals surface area contributed by atoms with Crippen LogP contribution >= 0.6 is 23.4 Å². The van der Waals surface area contributed by atoms with Crippen LogP contribution < -0.4 is 0 Å². The molecule has 2 aromatic heterocycles. The SMILES string of the molecule is CC(C)Cn1c(SCc2ccccc2Cl)nnc1-c1ccncc1. The molecule has 4 nitrogen and oxygen atoms in total. The molecule has 1 aromatic carbocycles. The fourth-order valence-corrected chi connectivity index (χ4v) is 3.63. The van der Waals surface area contributed by atoms with E-state index in [0.29, 0.717) is 5.92 Å². The smallest absolute Gasteiger partial charge is 0.191 e. The fourth-order valence-electron chi connectivity index (χ4n) is 2.40. The summed E-state index contributed by atoms with van der Waals surface area (Å²) in [5.74, 6) is 2.15. The molecule has 3 aromatic rings. The van der Waals surface area contributed by atoms with Crippen LogP contribution in [0.25, 0.3) is 11.4 Å². The van der Waals surface area contributed by atoms with Crippen LogP contribution in [0.4, 0.5) is 0 Å². The van der Waals surface area contributed by atoms with E-state index in [-0.39, 0.29) is 0 Å². The number of pyridine rings is 1. The lowest BCUT2D eigenvalue weighted by molar-refractivity contribution is 0.498. The monoisotopic (exact) mass is 358 g/mol. The van der Waals surface area contributed by atoms with E-state index in [1.54, 1.807) is 24.2 Å². The summed E-state index contributed by atoms with van der Waals surface area (Å²) in [6, 6.07) is 11.8. The van der Waals surface area contributed by atoms with Crippen LogP contribution in [0.2, 0.25) is 5.02 Å². The van der Waals surface area contributed by atoms with Crippen LogP contribution in [-0.4, -0.2) is 19.7 Å². The Morgan fingerprint density at radius 2 is 1.83 bits per heavy atom. The van der Waals surface area contributed by atoms with Gasteiger partial charge in [0.25, 0.3) is 0 Å². The number of benzene rings is 1. The van der Waals surface area contributed by atoms with Crippen molar-refractivity contribution in [3.05, 3.63) is 59.4 Å². The highest BCUT2D eigenvalue weighted by Crippen LogP contribution is 2.29. The van der Waals surface area contributed by atoms with Crippen molar-refractivity contribution in [1.29, 1.82) is 0 Å². The summed E-state index contributed by atoms with van der Waals surface area (Å²) in [4.78, 5) is 4.08. The average molecular weight is 359 g/mol. The number of rotatable bonds is 6. The number of nitrogens with zero attached hydrogens (tertiary/aromatic N) is 4. The van der Waals surface area contributed by atoms with Gasteiger partial charge in [-0.3, -0.25) is 4.98 Å². The van der Waals surface area contributed by atoms with Crippen LogP contribution in [0.3, 0.4) is 0 Å². The molecule has 0 amide bonds. The number of hydrogen-bond donors (Lipinski definition) is 0. The largest absolute Gasteiger partial charge is 0.302 e. The molecule has 0 radical (unpaired) electrons. The van der Waals surface area contributed by atoms with E-state index >= 15 is 0 Å². The van der Waals surface area contributed by atoms with Gasteiger partial charge >= 0.3 is 0 Å². The molecule has 24 heavy (non-hydrogen) atoms. The minimum atomic E-state index is 0.501. The van der Waals surface area contributed by atoms with E-state index < -0.39 is 0 Å². The van der Waals surface area contributed by atoms with E-state index in [4.69, 9.17) is 11.6 Å².